The SMILES string of the molecule is O=C(OCc1ccccc1)C1C(=CCS(=O)Cc2ccccc2)OC2CC(=O)N21. The third-order valence-electron chi connectivity index (χ3n) is 4.86. The number of hydrogen-bond acceptors (Lipinski definition) is 5. The number of rotatable bonds is 7. The van der Waals surface area contributed by atoms with Crippen molar-refractivity contribution in [1.82, 2.24) is 4.90 Å². The van der Waals surface area contributed by atoms with Gasteiger partial charge in [-0.3, -0.25) is 13.9 Å². The van der Waals surface area contributed by atoms with Crippen molar-refractivity contribution >= 4 is 22.7 Å². The smallest absolute Gasteiger partial charge is 0.337 e. The Labute approximate surface area is 171 Å². The molecule has 3 unspecified atom stereocenters. The number of nitrogens with zero attached hydrogens (tertiary/aromatic N) is 1. The standard InChI is InChI=1S/C22H21NO5S/c24-19-13-20-23(19)21(22(25)27-14-16-7-3-1-4-8-16)18(28-20)11-12-29(26)15-17-9-5-2-6-10-17/h1-11,20-21H,12-15H2. The minimum Gasteiger partial charge on any atom is -0.472 e. The van der Waals surface area contributed by atoms with Gasteiger partial charge in [0.1, 0.15) is 12.4 Å². The van der Waals surface area contributed by atoms with Crippen molar-refractivity contribution in [3.05, 3.63) is 83.6 Å². The zero-order valence-electron chi connectivity index (χ0n) is 15.7. The summed E-state index contributed by atoms with van der Waals surface area (Å²) in [6.07, 6.45) is 1.46. The van der Waals surface area contributed by atoms with Gasteiger partial charge in [0.25, 0.3) is 0 Å². The van der Waals surface area contributed by atoms with E-state index in [4.69, 9.17) is 9.47 Å². The van der Waals surface area contributed by atoms with Crippen LogP contribution in [0, 0.1) is 0 Å². The number of carbonyl (C=O) groups excluding carboxylic acids is 2. The van der Waals surface area contributed by atoms with Crippen molar-refractivity contribution in [2.45, 2.75) is 31.1 Å². The van der Waals surface area contributed by atoms with Crippen molar-refractivity contribution in [2.75, 3.05) is 5.75 Å². The van der Waals surface area contributed by atoms with E-state index in [-0.39, 0.29) is 24.7 Å². The molecule has 2 aromatic carbocycles. The van der Waals surface area contributed by atoms with Gasteiger partial charge in [0.05, 0.1) is 6.42 Å². The van der Waals surface area contributed by atoms with Gasteiger partial charge in [-0.05, 0) is 17.2 Å². The average Bonchev–Trinajstić information content (AvgIpc) is 3.04. The molecule has 2 aromatic rings. The second kappa shape index (κ2) is 8.61. The number of esters is 1. The molecule has 3 atom stereocenters. The van der Waals surface area contributed by atoms with Gasteiger partial charge in [-0.1, -0.05) is 60.7 Å². The highest BCUT2D eigenvalue weighted by molar-refractivity contribution is 7.84. The molecule has 2 heterocycles. The summed E-state index contributed by atoms with van der Waals surface area (Å²) < 4.78 is 23.6. The van der Waals surface area contributed by atoms with Crippen LogP contribution in [0.2, 0.25) is 0 Å². The molecule has 0 saturated carbocycles. The summed E-state index contributed by atoms with van der Waals surface area (Å²) in [5.74, 6) is 0.316. The lowest BCUT2D eigenvalue weighted by molar-refractivity contribution is -0.166. The molecule has 7 heteroatoms. The summed E-state index contributed by atoms with van der Waals surface area (Å²) in [5.41, 5.74) is 1.84. The summed E-state index contributed by atoms with van der Waals surface area (Å²) in [4.78, 5) is 26.1. The van der Waals surface area contributed by atoms with Crippen LogP contribution in [0.25, 0.3) is 0 Å². The second-order valence-electron chi connectivity index (χ2n) is 6.92. The maximum Gasteiger partial charge on any atom is 0.337 e. The Hall–Kier alpha value is -2.93. The molecule has 150 valence electrons. The maximum absolute atomic E-state index is 12.7. The highest BCUT2D eigenvalue weighted by Crippen LogP contribution is 2.37. The first-order valence-corrected chi connectivity index (χ1v) is 10.9. The highest BCUT2D eigenvalue weighted by atomic mass is 32.2. The van der Waals surface area contributed by atoms with Crippen molar-refractivity contribution < 1.29 is 23.3 Å². The molecule has 6 nitrogen and oxygen atoms in total. The van der Waals surface area contributed by atoms with Gasteiger partial charge in [0.2, 0.25) is 5.91 Å². The van der Waals surface area contributed by atoms with Gasteiger partial charge in [-0.2, -0.15) is 0 Å². The zero-order valence-corrected chi connectivity index (χ0v) is 16.5. The molecule has 0 bridgehead atoms. The van der Waals surface area contributed by atoms with E-state index >= 15 is 0 Å². The largest absolute Gasteiger partial charge is 0.472 e. The van der Waals surface area contributed by atoms with E-state index in [2.05, 4.69) is 0 Å². The summed E-state index contributed by atoms with van der Waals surface area (Å²) in [7, 11) is -1.15. The Bertz CT molecular complexity index is 944. The second-order valence-corrected chi connectivity index (χ2v) is 8.42. The topological polar surface area (TPSA) is 72.9 Å². The molecular formula is C22H21NO5S. The minimum atomic E-state index is -1.15. The molecule has 2 aliphatic heterocycles. The van der Waals surface area contributed by atoms with Gasteiger partial charge < -0.3 is 9.47 Å². The van der Waals surface area contributed by atoms with E-state index < -0.39 is 29.0 Å². The molecule has 0 radical (unpaired) electrons. The van der Waals surface area contributed by atoms with Crippen LogP contribution in [0.4, 0.5) is 0 Å². The molecule has 1 amide bonds. The normalized spacial score (nSPS) is 22.6. The monoisotopic (exact) mass is 411 g/mol. The van der Waals surface area contributed by atoms with Crippen LogP contribution < -0.4 is 0 Å². The average molecular weight is 411 g/mol. The molecule has 0 aliphatic carbocycles. The predicted molar refractivity (Wildman–Crippen MR) is 108 cm³/mol. The number of carbonyl (C=O) groups is 2. The van der Waals surface area contributed by atoms with Crippen molar-refractivity contribution in [2.24, 2.45) is 0 Å². The van der Waals surface area contributed by atoms with Crippen LogP contribution >= 0.6 is 0 Å². The fourth-order valence-corrected chi connectivity index (χ4v) is 4.39. The molecule has 29 heavy (non-hydrogen) atoms. The molecule has 0 aromatic heterocycles. The van der Waals surface area contributed by atoms with Crippen molar-refractivity contribution in [3.8, 4) is 0 Å². The molecule has 2 saturated heterocycles. The molecule has 0 N–H and O–H groups in total. The Morgan fingerprint density at radius 3 is 2.41 bits per heavy atom. The number of fused-ring (bicyclic) bond motifs is 1. The summed E-state index contributed by atoms with van der Waals surface area (Å²) in [6, 6.07) is 18.0. The fourth-order valence-electron chi connectivity index (χ4n) is 3.36. The Balaban J connectivity index is 1.42. The summed E-state index contributed by atoms with van der Waals surface area (Å²) in [5, 5.41) is 0. The molecule has 0 spiro atoms. The third-order valence-corrected chi connectivity index (χ3v) is 6.05. The maximum atomic E-state index is 12.7. The molecule has 4 rings (SSSR count). The van der Waals surface area contributed by atoms with Gasteiger partial charge in [0, 0.05) is 22.3 Å². The van der Waals surface area contributed by atoms with Crippen LogP contribution in [0.5, 0.6) is 0 Å². The van der Waals surface area contributed by atoms with Gasteiger partial charge in [0.15, 0.2) is 12.3 Å². The fraction of sp³-hybridized carbons (Fsp3) is 0.273. The Morgan fingerprint density at radius 1 is 1.10 bits per heavy atom. The molecule has 2 aliphatic rings. The molecular weight excluding hydrogens is 390 g/mol. The Morgan fingerprint density at radius 2 is 1.76 bits per heavy atom. The number of benzene rings is 2. The van der Waals surface area contributed by atoms with Crippen LogP contribution in [0.15, 0.2) is 72.5 Å². The van der Waals surface area contributed by atoms with E-state index in [1.807, 2.05) is 60.7 Å². The summed E-state index contributed by atoms with van der Waals surface area (Å²) >= 11 is 0. The van der Waals surface area contributed by atoms with Gasteiger partial charge in [-0.25, -0.2) is 4.79 Å². The lowest BCUT2D eigenvalue weighted by Gasteiger charge is -2.33. The van der Waals surface area contributed by atoms with E-state index in [1.54, 1.807) is 6.08 Å². The number of β-lactam (4-membered cyclic amide) rings is 1. The zero-order chi connectivity index (χ0) is 20.2. The first kappa shape index (κ1) is 19.4. The van der Waals surface area contributed by atoms with Gasteiger partial charge >= 0.3 is 5.97 Å². The third kappa shape index (κ3) is 4.40. The highest BCUT2D eigenvalue weighted by Gasteiger charge is 2.54. The minimum absolute atomic E-state index is 0.121. The number of amides is 1. The van der Waals surface area contributed by atoms with Crippen LogP contribution in [0.3, 0.4) is 0 Å². The van der Waals surface area contributed by atoms with E-state index in [0.717, 1.165) is 11.1 Å². The lowest BCUT2D eigenvalue weighted by atomic mass is 10.1. The number of ether oxygens (including phenoxy) is 2. The quantitative estimate of drug-likeness (QED) is 0.517. The number of hydrogen-bond donors (Lipinski definition) is 0. The van der Waals surface area contributed by atoms with Crippen LogP contribution in [-0.2, 0) is 42.2 Å². The Kier molecular flexibility index (Phi) is 5.76. The van der Waals surface area contributed by atoms with Crippen molar-refractivity contribution in [1.29, 1.82) is 0 Å². The first-order valence-electron chi connectivity index (χ1n) is 9.39. The van der Waals surface area contributed by atoms with E-state index in [9.17, 15) is 13.8 Å². The lowest BCUT2D eigenvalue weighted by Crippen LogP contribution is -2.55. The summed E-state index contributed by atoms with van der Waals surface area (Å²) in [6.45, 7) is 0.121. The van der Waals surface area contributed by atoms with E-state index in [0.29, 0.717) is 11.5 Å². The van der Waals surface area contributed by atoms with Crippen molar-refractivity contribution in [3.63, 3.8) is 0 Å². The first-order chi connectivity index (χ1) is 14.1. The van der Waals surface area contributed by atoms with Crippen LogP contribution in [-0.4, -0.2) is 39.0 Å². The van der Waals surface area contributed by atoms with Gasteiger partial charge in [-0.15, -0.1) is 0 Å². The molecule has 2 fully saturated rings. The van der Waals surface area contributed by atoms with E-state index in [1.165, 1.54) is 4.90 Å². The van der Waals surface area contributed by atoms with Crippen LogP contribution in [0.1, 0.15) is 17.5 Å². The predicted octanol–water partition coefficient (Wildman–Crippen LogP) is 2.52.